The average molecular weight is 444 g/mol. The summed E-state index contributed by atoms with van der Waals surface area (Å²) in [5, 5.41) is 6.93. The molecule has 30 heavy (non-hydrogen) atoms. The van der Waals surface area contributed by atoms with Gasteiger partial charge in [0.05, 0.1) is 24.6 Å². The van der Waals surface area contributed by atoms with E-state index in [1.54, 1.807) is 17.5 Å². The number of aromatic nitrogens is 4. The molecule has 0 N–H and O–H groups in total. The van der Waals surface area contributed by atoms with E-state index in [9.17, 15) is 4.79 Å². The minimum Gasteiger partial charge on any atom is -0.466 e. The van der Waals surface area contributed by atoms with E-state index in [1.165, 1.54) is 0 Å². The molecule has 3 aromatic rings. The Morgan fingerprint density at radius 3 is 2.90 bits per heavy atom. The minimum atomic E-state index is -0.194. The third-order valence-electron chi connectivity index (χ3n) is 4.92. The van der Waals surface area contributed by atoms with Gasteiger partial charge < -0.3 is 4.74 Å². The fourth-order valence-electron chi connectivity index (χ4n) is 3.37. The Morgan fingerprint density at radius 2 is 2.23 bits per heavy atom. The normalized spacial score (nSPS) is 13.7. The molecule has 1 fully saturated rings. The second kappa shape index (κ2) is 9.63. The molecule has 0 unspecified atom stereocenters. The lowest BCUT2D eigenvalue weighted by Gasteiger charge is -2.21. The highest BCUT2D eigenvalue weighted by Crippen LogP contribution is 2.39. The van der Waals surface area contributed by atoms with Crippen molar-refractivity contribution in [2.24, 2.45) is 0 Å². The zero-order valence-corrected chi connectivity index (χ0v) is 18.6. The molecule has 7 nitrogen and oxygen atoms in total. The van der Waals surface area contributed by atoms with Crippen LogP contribution in [0, 0.1) is 4.77 Å². The smallest absolute Gasteiger partial charge is 0.307 e. The Balaban J connectivity index is 1.58. The number of nitrogens with zero attached hydrogens (tertiary/aromatic N) is 5. The van der Waals surface area contributed by atoms with Crippen LogP contribution in [0.3, 0.4) is 0 Å². The largest absolute Gasteiger partial charge is 0.466 e. The lowest BCUT2D eigenvalue weighted by Crippen LogP contribution is -2.29. The highest BCUT2D eigenvalue weighted by Gasteiger charge is 2.29. The highest BCUT2D eigenvalue weighted by molar-refractivity contribution is 7.71. The van der Waals surface area contributed by atoms with Crippen LogP contribution in [0.15, 0.2) is 42.0 Å². The number of ether oxygens (including phenoxy) is 1. The van der Waals surface area contributed by atoms with Crippen molar-refractivity contribution in [3.63, 3.8) is 0 Å². The molecule has 0 radical (unpaired) electrons. The molecule has 158 valence electrons. The van der Waals surface area contributed by atoms with Crippen LogP contribution in [0.1, 0.15) is 37.8 Å². The summed E-state index contributed by atoms with van der Waals surface area (Å²) in [6, 6.07) is 8.51. The molecule has 4 rings (SSSR count). The van der Waals surface area contributed by atoms with Gasteiger partial charge in [0.1, 0.15) is 0 Å². The van der Waals surface area contributed by atoms with Gasteiger partial charge in [-0.1, -0.05) is 12.1 Å². The Hall–Kier alpha value is -2.36. The number of rotatable bonds is 10. The Morgan fingerprint density at radius 1 is 1.37 bits per heavy atom. The molecule has 0 aromatic carbocycles. The van der Waals surface area contributed by atoms with E-state index in [4.69, 9.17) is 22.1 Å². The van der Waals surface area contributed by atoms with Crippen LogP contribution >= 0.6 is 23.6 Å². The van der Waals surface area contributed by atoms with Gasteiger partial charge in [0.2, 0.25) is 0 Å². The third-order valence-corrected chi connectivity index (χ3v) is 6.20. The maximum absolute atomic E-state index is 11.9. The number of esters is 1. The van der Waals surface area contributed by atoms with Crippen LogP contribution in [-0.2, 0) is 22.7 Å². The third kappa shape index (κ3) is 5.03. The van der Waals surface area contributed by atoms with Crippen molar-refractivity contribution < 1.29 is 9.53 Å². The quantitative estimate of drug-likeness (QED) is 0.344. The lowest BCUT2D eigenvalue weighted by molar-refractivity contribution is -0.143. The molecule has 0 amide bonds. The summed E-state index contributed by atoms with van der Waals surface area (Å²) in [7, 11) is 0. The summed E-state index contributed by atoms with van der Waals surface area (Å²) in [5.74, 6) is 0.740. The first-order valence-electron chi connectivity index (χ1n) is 10.2. The van der Waals surface area contributed by atoms with Gasteiger partial charge in [0.25, 0.3) is 0 Å². The number of hydrogen-bond donors (Lipinski definition) is 0. The van der Waals surface area contributed by atoms with Crippen molar-refractivity contribution in [2.75, 3.05) is 13.2 Å². The van der Waals surface area contributed by atoms with Gasteiger partial charge in [0.15, 0.2) is 10.6 Å². The van der Waals surface area contributed by atoms with E-state index >= 15 is 0 Å². The lowest BCUT2D eigenvalue weighted by atomic mass is 10.2. The second-order valence-corrected chi connectivity index (χ2v) is 8.61. The fourth-order valence-corrected chi connectivity index (χ4v) is 4.41. The Bertz CT molecular complexity index is 1030. The van der Waals surface area contributed by atoms with E-state index in [0.717, 1.165) is 33.9 Å². The van der Waals surface area contributed by atoms with Crippen molar-refractivity contribution in [1.29, 1.82) is 0 Å². The molecule has 0 atom stereocenters. The minimum absolute atomic E-state index is 0.194. The van der Waals surface area contributed by atoms with Gasteiger partial charge in [-0.05, 0) is 55.1 Å². The van der Waals surface area contributed by atoms with Crippen molar-refractivity contribution in [2.45, 2.75) is 45.4 Å². The van der Waals surface area contributed by atoms with Gasteiger partial charge in [-0.3, -0.25) is 19.2 Å². The second-order valence-electron chi connectivity index (χ2n) is 7.29. The summed E-state index contributed by atoms with van der Waals surface area (Å²) in [5.41, 5.74) is 1.08. The molecule has 3 aromatic heterocycles. The van der Waals surface area contributed by atoms with Gasteiger partial charge in [-0.15, -0.1) is 16.4 Å². The topological polar surface area (TPSA) is 65.2 Å². The zero-order valence-electron chi connectivity index (χ0n) is 16.9. The van der Waals surface area contributed by atoms with Crippen molar-refractivity contribution in [1.82, 2.24) is 24.2 Å². The number of carbonyl (C=O) groups is 1. The van der Waals surface area contributed by atoms with Crippen LogP contribution < -0.4 is 0 Å². The summed E-state index contributed by atoms with van der Waals surface area (Å²) in [6.07, 6.45) is 6.20. The monoisotopic (exact) mass is 443 g/mol. The van der Waals surface area contributed by atoms with Gasteiger partial charge in [-0.2, -0.15) is 0 Å². The number of hydrogen-bond acceptors (Lipinski definition) is 7. The molecule has 0 saturated heterocycles. The van der Waals surface area contributed by atoms with Crippen LogP contribution in [-0.4, -0.2) is 43.4 Å². The van der Waals surface area contributed by atoms with E-state index in [1.807, 2.05) is 36.0 Å². The predicted octanol–water partition coefficient (Wildman–Crippen LogP) is 4.29. The maximum atomic E-state index is 11.9. The maximum Gasteiger partial charge on any atom is 0.307 e. The van der Waals surface area contributed by atoms with Crippen molar-refractivity contribution in [3.8, 4) is 10.7 Å². The van der Waals surface area contributed by atoms with E-state index in [2.05, 4.69) is 25.9 Å². The Labute approximate surface area is 184 Å². The van der Waals surface area contributed by atoms with Crippen molar-refractivity contribution in [3.05, 3.63) is 52.4 Å². The predicted molar refractivity (Wildman–Crippen MR) is 119 cm³/mol. The first-order chi connectivity index (χ1) is 14.7. The van der Waals surface area contributed by atoms with Crippen LogP contribution in [0.5, 0.6) is 0 Å². The molecule has 0 aliphatic heterocycles. The van der Waals surface area contributed by atoms with Gasteiger partial charge >= 0.3 is 5.97 Å². The summed E-state index contributed by atoms with van der Waals surface area (Å²) in [6.45, 7) is 3.93. The SMILES string of the molecule is CCOC(=O)CCN(Cc1cccnc1)Cn1nc(-c2cccs2)n(C2CC2)c1=S. The van der Waals surface area contributed by atoms with Crippen LogP contribution in [0.2, 0.25) is 0 Å². The molecule has 1 aliphatic carbocycles. The average Bonchev–Trinajstić information content (AvgIpc) is 3.32. The van der Waals surface area contributed by atoms with Crippen LogP contribution in [0.4, 0.5) is 0 Å². The number of carbonyl (C=O) groups excluding carboxylic acids is 1. The van der Waals surface area contributed by atoms with Crippen LogP contribution in [0.25, 0.3) is 10.7 Å². The summed E-state index contributed by atoms with van der Waals surface area (Å²) in [4.78, 5) is 19.4. The molecule has 3 heterocycles. The molecule has 1 aliphatic rings. The highest BCUT2D eigenvalue weighted by atomic mass is 32.1. The zero-order chi connectivity index (χ0) is 20.9. The first-order valence-corrected chi connectivity index (χ1v) is 11.4. The Kier molecular flexibility index (Phi) is 6.71. The first kappa shape index (κ1) is 20.9. The van der Waals surface area contributed by atoms with E-state index in [0.29, 0.717) is 38.8 Å². The van der Waals surface area contributed by atoms with E-state index < -0.39 is 0 Å². The van der Waals surface area contributed by atoms with Gasteiger partial charge in [0, 0.05) is 31.5 Å². The standard InChI is InChI=1S/C21H25N5O2S2/c1-2-28-19(27)9-11-24(14-16-5-3-10-22-13-16)15-25-21(29)26(17-7-8-17)20(23-25)18-6-4-12-30-18/h3-6,10,12-13,17H,2,7-9,11,14-15H2,1H3. The summed E-state index contributed by atoms with van der Waals surface area (Å²) >= 11 is 7.47. The molecule has 1 saturated carbocycles. The number of thiophene rings is 1. The molecular formula is C21H25N5O2S2. The molecule has 0 spiro atoms. The van der Waals surface area contributed by atoms with E-state index in [-0.39, 0.29) is 5.97 Å². The molecule has 9 heteroatoms. The fraction of sp³-hybridized carbons (Fsp3) is 0.429. The molecular weight excluding hydrogens is 418 g/mol. The van der Waals surface area contributed by atoms with Crippen molar-refractivity contribution >= 4 is 29.5 Å². The summed E-state index contributed by atoms with van der Waals surface area (Å²) < 4.78 is 9.90. The molecule has 0 bridgehead atoms. The van der Waals surface area contributed by atoms with Gasteiger partial charge in [-0.25, -0.2) is 4.68 Å². The number of pyridine rings is 1.